The summed E-state index contributed by atoms with van der Waals surface area (Å²) in [7, 11) is 0. The lowest BCUT2D eigenvalue weighted by molar-refractivity contribution is -0.255. The summed E-state index contributed by atoms with van der Waals surface area (Å²) in [6.07, 6.45) is 1.67. The Kier molecular flexibility index (Phi) is 4.30. The molecule has 1 saturated carbocycles. The molecule has 0 heterocycles. The zero-order valence-electron chi connectivity index (χ0n) is 11.5. The van der Waals surface area contributed by atoms with Crippen LogP contribution in [0.2, 0.25) is 0 Å². The third kappa shape index (κ3) is 3.39. The zero-order valence-corrected chi connectivity index (χ0v) is 13.0. The van der Waals surface area contributed by atoms with Crippen LogP contribution in [0.1, 0.15) is 24.2 Å². The van der Waals surface area contributed by atoms with Gasteiger partial charge in [-0.25, -0.2) is 0 Å². The van der Waals surface area contributed by atoms with Crippen LogP contribution in [0.25, 0.3) is 0 Å². The Balaban J connectivity index is 2.05. The van der Waals surface area contributed by atoms with Crippen molar-refractivity contribution >= 4 is 40.8 Å². The Morgan fingerprint density at radius 2 is 1.81 bits per heavy atom. The van der Waals surface area contributed by atoms with E-state index in [1.54, 1.807) is 6.08 Å². The van der Waals surface area contributed by atoms with Crippen LogP contribution in [0.15, 0.2) is 34.8 Å². The topological polar surface area (TPSA) is 69.2 Å². The zero-order chi connectivity index (χ0) is 15.8. The van der Waals surface area contributed by atoms with Crippen molar-refractivity contribution in [3.8, 4) is 0 Å². The Morgan fingerprint density at radius 1 is 1.24 bits per heavy atom. The number of aromatic carboxylic acids is 1. The van der Waals surface area contributed by atoms with Crippen LogP contribution < -0.4 is 10.4 Å². The number of carboxylic acids is 1. The smallest absolute Gasteiger partial charge is 0.228 e. The van der Waals surface area contributed by atoms with Gasteiger partial charge < -0.3 is 15.2 Å². The molecule has 1 aromatic rings. The molecule has 1 aromatic carbocycles. The van der Waals surface area contributed by atoms with Gasteiger partial charge in [0.25, 0.3) is 0 Å². The molecule has 1 amide bonds. The van der Waals surface area contributed by atoms with E-state index in [1.807, 2.05) is 13.8 Å². The summed E-state index contributed by atoms with van der Waals surface area (Å²) in [6, 6.07) is 5.82. The van der Waals surface area contributed by atoms with Crippen LogP contribution >= 0.6 is 23.2 Å². The van der Waals surface area contributed by atoms with Crippen molar-refractivity contribution in [2.24, 2.45) is 17.3 Å². The third-order valence-electron chi connectivity index (χ3n) is 3.89. The molecule has 0 bridgehead atoms. The number of benzene rings is 1. The lowest BCUT2D eigenvalue weighted by Gasteiger charge is -2.07. The molecule has 2 atom stereocenters. The van der Waals surface area contributed by atoms with E-state index in [9.17, 15) is 14.7 Å². The number of carboxylic acid groups (broad SMARTS) is 1. The van der Waals surface area contributed by atoms with Gasteiger partial charge in [-0.15, -0.1) is 0 Å². The summed E-state index contributed by atoms with van der Waals surface area (Å²) in [5.74, 6) is -1.62. The summed E-state index contributed by atoms with van der Waals surface area (Å²) in [5, 5.41) is 13.4. The van der Waals surface area contributed by atoms with Crippen molar-refractivity contribution in [1.29, 1.82) is 0 Å². The molecule has 21 heavy (non-hydrogen) atoms. The maximum absolute atomic E-state index is 12.2. The molecular formula is C15H14Cl2NO3-. The number of amides is 1. The standard InChI is InChI=1S/C15H15Cl2NO3/c1-15(2)10(7-11(16)17)12(15)13(19)18-9-5-3-8(4-6-9)14(20)21/h3-7,10,12H,1-2H3,(H,18,19)(H,20,21)/p-1/t10-,12-/m0/s1. The van der Waals surface area contributed by atoms with Gasteiger partial charge >= 0.3 is 0 Å². The fraction of sp³-hybridized carbons (Fsp3) is 0.333. The van der Waals surface area contributed by atoms with Crippen LogP contribution in [0.5, 0.6) is 0 Å². The molecule has 4 nitrogen and oxygen atoms in total. The average molecular weight is 327 g/mol. The summed E-state index contributed by atoms with van der Waals surface area (Å²) in [6.45, 7) is 3.93. The van der Waals surface area contributed by atoms with Crippen LogP contribution in [0.4, 0.5) is 5.69 Å². The van der Waals surface area contributed by atoms with E-state index in [0.29, 0.717) is 5.69 Å². The summed E-state index contributed by atoms with van der Waals surface area (Å²) in [4.78, 5) is 22.9. The van der Waals surface area contributed by atoms with Crippen molar-refractivity contribution in [2.75, 3.05) is 5.32 Å². The molecule has 1 fully saturated rings. The van der Waals surface area contributed by atoms with Gasteiger partial charge in [0.1, 0.15) is 4.49 Å². The maximum atomic E-state index is 12.2. The van der Waals surface area contributed by atoms with E-state index in [2.05, 4.69) is 5.32 Å². The number of carbonyl (C=O) groups excluding carboxylic acids is 2. The van der Waals surface area contributed by atoms with Crippen LogP contribution in [0.3, 0.4) is 0 Å². The van der Waals surface area contributed by atoms with Gasteiger partial charge in [-0.2, -0.15) is 0 Å². The Bertz CT molecular complexity index is 604. The van der Waals surface area contributed by atoms with Crippen molar-refractivity contribution in [2.45, 2.75) is 13.8 Å². The van der Waals surface area contributed by atoms with Gasteiger partial charge in [-0.1, -0.05) is 49.2 Å². The molecule has 0 aliphatic heterocycles. The largest absolute Gasteiger partial charge is 0.545 e. The summed E-state index contributed by atoms with van der Waals surface area (Å²) >= 11 is 11.3. The SMILES string of the molecule is CC1(C)[C@H](C(=O)Nc2ccc(C(=O)[O-])cc2)[C@@H]1C=C(Cl)Cl. The minimum atomic E-state index is -1.25. The molecule has 0 unspecified atom stereocenters. The average Bonchev–Trinajstić information content (AvgIpc) is 2.90. The van der Waals surface area contributed by atoms with E-state index in [4.69, 9.17) is 23.2 Å². The van der Waals surface area contributed by atoms with Gasteiger partial charge in [0.15, 0.2) is 0 Å². The lowest BCUT2D eigenvalue weighted by Crippen LogP contribution is -2.22. The van der Waals surface area contributed by atoms with E-state index in [-0.39, 0.29) is 33.2 Å². The first kappa shape index (κ1) is 15.9. The number of carbonyl (C=O) groups is 2. The highest BCUT2D eigenvalue weighted by Crippen LogP contribution is 2.59. The van der Waals surface area contributed by atoms with Gasteiger partial charge in [0.2, 0.25) is 5.91 Å². The third-order valence-corrected chi connectivity index (χ3v) is 4.14. The first-order valence-corrected chi connectivity index (χ1v) is 7.14. The molecule has 0 radical (unpaired) electrons. The highest BCUT2D eigenvalue weighted by atomic mass is 35.5. The first-order chi connectivity index (χ1) is 9.73. The number of hydrogen-bond donors (Lipinski definition) is 1. The first-order valence-electron chi connectivity index (χ1n) is 6.38. The van der Waals surface area contributed by atoms with Gasteiger partial charge in [0.05, 0.1) is 11.9 Å². The fourth-order valence-electron chi connectivity index (χ4n) is 2.53. The monoisotopic (exact) mass is 326 g/mol. The fourth-order valence-corrected chi connectivity index (χ4v) is 2.81. The Morgan fingerprint density at radius 3 is 2.29 bits per heavy atom. The molecule has 6 heteroatoms. The lowest BCUT2D eigenvalue weighted by atomic mass is 10.1. The van der Waals surface area contributed by atoms with E-state index in [0.717, 1.165) is 0 Å². The van der Waals surface area contributed by atoms with Crippen LogP contribution in [0, 0.1) is 17.3 Å². The second kappa shape index (κ2) is 5.70. The number of nitrogens with one attached hydrogen (secondary N) is 1. The normalized spacial score (nSPS) is 22.3. The molecule has 0 saturated heterocycles. The predicted octanol–water partition coefficient (Wildman–Crippen LogP) is 2.58. The summed E-state index contributed by atoms with van der Waals surface area (Å²) in [5.41, 5.74) is 0.395. The van der Waals surface area contributed by atoms with E-state index in [1.165, 1.54) is 24.3 Å². The second-order valence-electron chi connectivity index (χ2n) is 5.64. The van der Waals surface area contributed by atoms with E-state index < -0.39 is 5.97 Å². The second-order valence-corrected chi connectivity index (χ2v) is 6.64. The molecule has 2 rings (SSSR count). The van der Waals surface area contributed by atoms with E-state index >= 15 is 0 Å². The summed E-state index contributed by atoms with van der Waals surface area (Å²) < 4.78 is 0.154. The quantitative estimate of drug-likeness (QED) is 0.924. The minimum absolute atomic E-state index is 0.00927. The van der Waals surface area contributed by atoms with Crippen LogP contribution in [-0.2, 0) is 4.79 Å². The van der Waals surface area contributed by atoms with Gasteiger partial charge in [0, 0.05) is 5.69 Å². The molecule has 112 valence electrons. The highest BCUT2D eigenvalue weighted by Gasteiger charge is 2.60. The number of hydrogen-bond acceptors (Lipinski definition) is 3. The molecule has 1 aliphatic carbocycles. The van der Waals surface area contributed by atoms with Gasteiger partial charge in [-0.3, -0.25) is 4.79 Å². The van der Waals surface area contributed by atoms with Crippen molar-refractivity contribution in [3.63, 3.8) is 0 Å². The number of anilines is 1. The molecular weight excluding hydrogens is 313 g/mol. The number of halogens is 2. The minimum Gasteiger partial charge on any atom is -0.545 e. The Hall–Kier alpha value is -1.52. The maximum Gasteiger partial charge on any atom is 0.228 e. The molecule has 1 aliphatic rings. The highest BCUT2D eigenvalue weighted by molar-refractivity contribution is 6.55. The number of rotatable bonds is 4. The van der Waals surface area contributed by atoms with Crippen LogP contribution in [-0.4, -0.2) is 11.9 Å². The molecule has 1 N–H and O–H groups in total. The van der Waals surface area contributed by atoms with Crippen molar-refractivity contribution in [3.05, 3.63) is 40.4 Å². The van der Waals surface area contributed by atoms with Crippen molar-refractivity contribution in [1.82, 2.24) is 0 Å². The van der Waals surface area contributed by atoms with Crippen molar-refractivity contribution < 1.29 is 14.7 Å². The number of allylic oxidation sites excluding steroid dienone is 1. The molecule has 0 aromatic heterocycles. The Labute approximate surface area is 132 Å². The van der Waals surface area contributed by atoms with Gasteiger partial charge in [-0.05, 0) is 35.1 Å². The molecule has 0 spiro atoms. The predicted molar refractivity (Wildman–Crippen MR) is 80.0 cm³/mol.